The van der Waals surface area contributed by atoms with Crippen LogP contribution < -0.4 is 4.74 Å². The molecule has 0 spiro atoms. The zero-order valence-corrected chi connectivity index (χ0v) is 10.7. The zero-order chi connectivity index (χ0) is 13.2. The van der Waals surface area contributed by atoms with E-state index in [1.165, 1.54) is 0 Å². The molecule has 2 heterocycles. The van der Waals surface area contributed by atoms with Crippen molar-refractivity contribution in [3.8, 4) is 5.75 Å². The summed E-state index contributed by atoms with van der Waals surface area (Å²) in [5.74, 6) is 0.616. The zero-order valence-electron chi connectivity index (χ0n) is 10.7. The minimum atomic E-state index is -0.245. The summed E-state index contributed by atoms with van der Waals surface area (Å²) in [4.78, 5) is 11.2. The number of carbonyl (C=O) groups excluding carboxylic acids is 1. The fourth-order valence-electron chi connectivity index (χ4n) is 2.41. The van der Waals surface area contributed by atoms with Crippen LogP contribution in [-0.4, -0.2) is 38.0 Å². The third-order valence-electron chi connectivity index (χ3n) is 3.47. The molecule has 2 aliphatic heterocycles. The van der Waals surface area contributed by atoms with Crippen LogP contribution in [0.3, 0.4) is 0 Å². The van der Waals surface area contributed by atoms with Crippen LogP contribution in [0, 0.1) is 0 Å². The first-order valence-electron chi connectivity index (χ1n) is 6.32. The first-order chi connectivity index (χ1) is 9.26. The molecule has 0 bridgehead atoms. The molecule has 0 N–H and O–H groups in total. The highest BCUT2D eigenvalue weighted by atomic mass is 16.6. The first kappa shape index (κ1) is 12.4. The van der Waals surface area contributed by atoms with E-state index in [-0.39, 0.29) is 24.3 Å². The highest BCUT2D eigenvalue weighted by Gasteiger charge is 2.46. The smallest absolute Gasteiger partial charge is 0.309 e. The molecule has 102 valence electrons. The van der Waals surface area contributed by atoms with Gasteiger partial charge >= 0.3 is 5.97 Å². The Labute approximate surface area is 111 Å². The van der Waals surface area contributed by atoms with Gasteiger partial charge in [0.15, 0.2) is 6.10 Å². The van der Waals surface area contributed by atoms with Gasteiger partial charge in [-0.3, -0.25) is 4.79 Å². The van der Waals surface area contributed by atoms with Crippen molar-refractivity contribution >= 4 is 5.97 Å². The van der Waals surface area contributed by atoms with Crippen LogP contribution in [0.1, 0.15) is 12.0 Å². The summed E-state index contributed by atoms with van der Waals surface area (Å²) < 4.78 is 21.6. The molecule has 1 aromatic carbocycles. The lowest BCUT2D eigenvalue weighted by Gasteiger charge is -2.16. The fourth-order valence-corrected chi connectivity index (χ4v) is 2.41. The maximum atomic E-state index is 11.2. The fraction of sp³-hybridized carbons (Fsp3) is 0.500. The lowest BCUT2D eigenvalue weighted by atomic mass is 10.1. The predicted octanol–water partition coefficient (Wildman–Crippen LogP) is 1.29. The summed E-state index contributed by atoms with van der Waals surface area (Å²) in [6, 6.07) is 7.68. The van der Waals surface area contributed by atoms with Crippen LogP contribution >= 0.6 is 0 Å². The SMILES string of the molecule is COc1ccc(CO[C@H]2CO[C@H]3CC(=O)O[C@@H]23)cc1. The maximum Gasteiger partial charge on any atom is 0.309 e. The minimum absolute atomic E-state index is 0.131. The average Bonchev–Trinajstić information content (AvgIpc) is 2.96. The molecule has 0 radical (unpaired) electrons. The molecule has 5 heteroatoms. The van der Waals surface area contributed by atoms with Crippen LogP contribution in [-0.2, 0) is 25.6 Å². The molecule has 5 nitrogen and oxygen atoms in total. The molecule has 0 saturated carbocycles. The van der Waals surface area contributed by atoms with Crippen LogP contribution in [0.15, 0.2) is 24.3 Å². The number of rotatable bonds is 4. The van der Waals surface area contributed by atoms with Gasteiger partial charge in [-0.2, -0.15) is 0 Å². The van der Waals surface area contributed by atoms with E-state index in [2.05, 4.69) is 0 Å². The Morgan fingerprint density at radius 1 is 1.32 bits per heavy atom. The number of methoxy groups -OCH3 is 1. The van der Waals surface area contributed by atoms with Crippen molar-refractivity contribution in [2.75, 3.05) is 13.7 Å². The van der Waals surface area contributed by atoms with Gasteiger partial charge in [-0.05, 0) is 17.7 Å². The number of hydrogen-bond acceptors (Lipinski definition) is 5. The largest absolute Gasteiger partial charge is 0.497 e. The van der Waals surface area contributed by atoms with E-state index in [0.717, 1.165) is 11.3 Å². The number of esters is 1. The standard InChI is InChI=1S/C14H16O5/c1-16-10-4-2-9(3-5-10)7-17-12-8-18-11-6-13(15)19-14(11)12/h2-5,11-12,14H,6-8H2,1H3/t11-,12-,14+/m0/s1. The number of ether oxygens (including phenoxy) is 4. The van der Waals surface area contributed by atoms with Gasteiger partial charge in [-0.15, -0.1) is 0 Å². The highest BCUT2D eigenvalue weighted by Crippen LogP contribution is 2.29. The summed E-state index contributed by atoms with van der Waals surface area (Å²) >= 11 is 0. The molecule has 19 heavy (non-hydrogen) atoms. The van der Waals surface area contributed by atoms with Gasteiger partial charge in [-0.25, -0.2) is 0 Å². The van der Waals surface area contributed by atoms with Gasteiger partial charge in [0.1, 0.15) is 18.0 Å². The Kier molecular flexibility index (Phi) is 3.40. The number of fused-ring (bicyclic) bond motifs is 1. The molecule has 2 aliphatic rings. The van der Waals surface area contributed by atoms with E-state index in [1.54, 1.807) is 7.11 Å². The molecule has 0 aliphatic carbocycles. The predicted molar refractivity (Wildman–Crippen MR) is 65.8 cm³/mol. The Morgan fingerprint density at radius 3 is 2.84 bits per heavy atom. The lowest BCUT2D eigenvalue weighted by molar-refractivity contribution is -0.146. The van der Waals surface area contributed by atoms with Crippen molar-refractivity contribution in [1.82, 2.24) is 0 Å². The molecule has 2 saturated heterocycles. The van der Waals surface area contributed by atoms with Gasteiger partial charge in [0.25, 0.3) is 0 Å². The molecule has 0 aromatic heterocycles. The summed E-state index contributed by atoms with van der Waals surface area (Å²) in [6.45, 7) is 0.956. The second-order valence-corrected chi connectivity index (χ2v) is 4.73. The minimum Gasteiger partial charge on any atom is -0.497 e. The third kappa shape index (κ3) is 2.57. The highest BCUT2D eigenvalue weighted by molar-refractivity contribution is 5.72. The van der Waals surface area contributed by atoms with Gasteiger partial charge in [0.2, 0.25) is 0 Å². The molecular formula is C14H16O5. The third-order valence-corrected chi connectivity index (χ3v) is 3.47. The molecule has 0 amide bonds. The van der Waals surface area contributed by atoms with Crippen molar-refractivity contribution in [2.45, 2.75) is 31.3 Å². The second-order valence-electron chi connectivity index (χ2n) is 4.73. The van der Waals surface area contributed by atoms with Crippen molar-refractivity contribution in [1.29, 1.82) is 0 Å². The molecule has 3 atom stereocenters. The number of carbonyl (C=O) groups is 1. The Morgan fingerprint density at radius 2 is 2.11 bits per heavy atom. The van der Waals surface area contributed by atoms with E-state index >= 15 is 0 Å². The van der Waals surface area contributed by atoms with Gasteiger partial charge in [0.05, 0.1) is 26.7 Å². The number of hydrogen-bond donors (Lipinski definition) is 0. The van der Waals surface area contributed by atoms with Gasteiger partial charge in [0, 0.05) is 0 Å². The summed E-state index contributed by atoms with van der Waals surface area (Å²) in [7, 11) is 1.63. The van der Waals surface area contributed by atoms with Crippen LogP contribution in [0.5, 0.6) is 5.75 Å². The van der Waals surface area contributed by atoms with E-state index in [4.69, 9.17) is 18.9 Å². The number of benzene rings is 1. The molecule has 2 fully saturated rings. The summed E-state index contributed by atoms with van der Waals surface area (Å²) in [6.07, 6.45) is -0.203. The normalized spacial score (nSPS) is 29.1. The van der Waals surface area contributed by atoms with Crippen molar-refractivity contribution in [3.63, 3.8) is 0 Å². The lowest BCUT2D eigenvalue weighted by Crippen LogP contribution is -2.30. The van der Waals surface area contributed by atoms with E-state index in [9.17, 15) is 4.79 Å². The van der Waals surface area contributed by atoms with Crippen LogP contribution in [0.4, 0.5) is 0 Å². The van der Waals surface area contributed by atoms with Crippen molar-refractivity contribution in [2.24, 2.45) is 0 Å². The Balaban J connectivity index is 1.55. The van der Waals surface area contributed by atoms with E-state index in [1.807, 2.05) is 24.3 Å². The topological polar surface area (TPSA) is 54.0 Å². The summed E-state index contributed by atoms with van der Waals surface area (Å²) in [5, 5.41) is 0. The first-order valence-corrected chi connectivity index (χ1v) is 6.32. The quantitative estimate of drug-likeness (QED) is 0.767. The van der Waals surface area contributed by atoms with Crippen LogP contribution in [0.25, 0.3) is 0 Å². The Bertz CT molecular complexity index is 455. The van der Waals surface area contributed by atoms with E-state index in [0.29, 0.717) is 19.6 Å². The summed E-state index contributed by atoms with van der Waals surface area (Å²) in [5.41, 5.74) is 1.05. The molecular weight excluding hydrogens is 248 g/mol. The van der Waals surface area contributed by atoms with Crippen molar-refractivity contribution < 1.29 is 23.7 Å². The molecule has 0 unspecified atom stereocenters. The van der Waals surface area contributed by atoms with E-state index < -0.39 is 0 Å². The Hall–Kier alpha value is -1.59. The average molecular weight is 264 g/mol. The van der Waals surface area contributed by atoms with Gasteiger partial charge in [-0.1, -0.05) is 12.1 Å². The monoisotopic (exact) mass is 264 g/mol. The van der Waals surface area contributed by atoms with Crippen molar-refractivity contribution in [3.05, 3.63) is 29.8 Å². The van der Waals surface area contributed by atoms with Gasteiger partial charge < -0.3 is 18.9 Å². The second kappa shape index (κ2) is 5.19. The maximum absolute atomic E-state index is 11.2. The van der Waals surface area contributed by atoms with Crippen LogP contribution in [0.2, 0.25) is 0 Å². The molecule has 3 rings (SSSR count). The molecule has 1 aromatic rings.